The maximum Gasteiger partial charge on any atom is 0.339 e. The minimum atomic E-state index is -0.892. The number of rotatable bonds is 8. The third-order valence-corrected chi connectivity index (χ3v) is 4.05. The largest absolute Gasteiger partial charge is 0.497 e. The molecule has 0 aliphatic carbocycles. The van der Waals surface area contributed by atoms with E-state index in [2.05, 4.69) is 12.2 Å². The predicted molar refractivity (Wildman–Crippen MR) is 100 cm³/mol. The molecule has 0 bridgehead atoms. The van der Waals surface area contributed by atoms with Gasteiger partial charge in [-0.25, -0.2) is 4.79 Å². The summed E-state index contributed by atoms with van der Waals surface area (Å²) < 4.78 is 10.4. The zero-order chi connectivity index (χ0) is 18.9. The van der Waals surface area contributed by atoms with E-state index in [1.165, 1.54) is 7.11 Å². The fourth-order valence-electron chi connectivity index (χ4n) is 2.62. The summed E-state index contributed by atoms with van der Waals surface area (Å²) in [6, 6.07) is 16.3. The molecule has 1 amide bonds. The Morgan fingerprint density at radius 3 is 2.46 bits per heavy atom. The van der Waals surface area contributed by atoms with Crippen molar-refractivity contribution in [3.05, 3.63) is 65.7 Å². The van der Waals surface area contributed by atoms with Crippen LogP contribution in [0.4, 0.5) is 0 Å². The molecule has 0 spiro atoms. The van der Waals surface area contributed by atoms with E-state index >= 15 is 0 Å². The smallest absolute Gasteiger partial charge is 0.339 e. The molecule has 2 aromatic carbocycles. The number of hydrogen-bond acceptors (Lipinski definition) is 4. The van der Waals surface area contributed by atoms with E-state index in [0.717, 1.165) is 18.4 Å². The number of benzene rings is 2. The van der Waals surface area contributed by atoms with E-state index in [0.29, 0.717) is 11.3 Å². The molecule has 0 aliphatic heterocycles. The number of ether oxygens (including phenoxy) is 2. The first-order chi connectivity index (χ1) is 12.5. The summed E-state index contributed by atoms with van der Waals surface area (Å²) in [4.78, 5) is 24.7. The second kappa shape index (κ2) is 9.61. The fraction of sp³-hybridized carbons (Fsp3) is 0.333. The highest BCUT2D eigenvalue weighted by molar-refractivity contribution is 5.92. The lowest BCUT2D eigenvalue weighted by Gasteiger charge is -2.21. The van der Waals surface area contributed by atoms with E-state index in [-0.39, 0.29) is 11.9 Å². The lowest BCUT2D eigenvalue weighted by atomic mass is 10.0. The van der Waals surface area contributed by atoms with Crippen molar-refractivity contribution in [1.29, 1.82) is 0 Å². The molecule has 0 fully saturated rings. The Morgan fingerprint density at radius 2 is 1.81 bits per heavy atom. The van der Waals surface area contributed by atoms with Gasteiger partial charge < -0.3 is 14.8 Å². The first-order valence-corrected chi connectivity index (χ1v) is 8.75. The minimum Gasteiger partial charge on any atom is -0.497 e. The van der Waals surface area contributed by atoms with E-state index in [1.54, 1.807) is 31.2 Å². The van der Waals surface area contributed by atoms with Crippen molar-refractivity contribution in [1.82, 2.24) is 5.32 Å². The van der Waals surface area contributed by atoms with E-state index in [9.17, 15) is 9.59 Å². The van der Waals surface area contributed by atoms with Crippen LogP contribution >= 0.6 is 0 Å². The molecule has 2 unspecified atom stereocenters. The zero-order valence-corrected chi connectivity index (χ0v) is 15.4. The van der Waals surface area contributed by atoms with E-state index in [4.69, 9.17) is 9.47 Å². The van der Waals surface area contributed by atoms with Gasteiger partial charge in [0.25, 0.3) is 5.91 Å². The average molecular weight is 355 g/mol. The SMILES string of the molecule is CCCC(NC(=O)C(C)OC(=O)c1cccc(OC)c1)c1ccccc1. The molecule has 0 saturated heterocycles. The lowest BCUT2D eigenvalue weighted by Crippen LogP contribution is -2.38. The molecule has 5 nitrogen and oxygen atoms in total. The summed E-state index contributed by atoms with van der Waals surface area (Å²) in [5, 5.41) is 2.97. The van der Waals surface area contributed by atoms with Gasteiger partial charge in [-0.3, -0.25) is 4.79 Å². The maximum absolute atomic E-state index is 12.5. The quantitative estimate of drug-likeness (QED) is 0.730. The highest BCUT2D eigenvalue weighted by atomic mass is 16.5. The van der Waals surface area contributed by atoms with Crippen LogP contribution in [-0.4, -0.2) is 25.1 Å². The molecule has 0 aliphatic rings. The third kappa shape index (κ3) is 5.34. The number of amides is 1. The molecule has 1 N–H and O–H groups in total. The van der Waals surface area contributed by atoms with Gasteiger partial charge in [0.1, 0.15) is 5.75 Å². The molecule has 0 saturated carbocycles. The van der Waals surface area contributed by atoms with Gasteiger partial charge in [0.15, 0.2) is 6.10 Å². The summed E-state index contributed by atoms with van der Waals surface area (Å²) in [5.41, 5.74) is 1.38. The number of carbonyl (C=O) groups is 2. The van der Waals surface area contributed by atoms with Crippen molar-refractivity contribution in [2.45, 2.75) is 38.8 Å². The topological polar surface area (TPSA) is 64.6 Å². The van der Waals surface area contributed by atoms with Crippen molar-refractivity contribution >= 4 is 11.9 Å². The average Bonchev–Trinajstić information content (AvgIpc) is 2.68. The molecule has 2 rings (SSSR count). The molecule has 0 heterocycles. The summed E-state index contributed by atoms with van der Waals surface area (Å²) in [6.45, 7) is 3.63. The van der Waals surface area contributed by atoms with Crippen molar-refractivity contribution in [3.8, 4) is 5.75 Å². The summed E-state index contributed by atoms with van der Waals surface area (Å²) in [7, 11) is 1.53. The van der Waals surface area contributed by atoms with Gasteiger partial charge in [0.2, 0.25) is 0 Å². The van der Waals surface area contributed by atoms with Crippen molar-refractivity contribution in [3.63, 3.8) is 0 Å². The van der Waals surface area contributed by atoms with Crippen LogP contribution in [0.2, 0.25) is 0 Å². The van der Waals surface area contributed by atoms with Crippen molar-refractivity contribution in [2.75, 3.05) is 7.11 Å². The predicted octanol–water partition coefficient (Wildman–Crippen LogP) is 3.90. The van der Waals surface area contributed by atoms with Crippen LogP contribution in [0.3, 0.4) is 0 Å². The van der Waals surface area contributed by atoms with Crippen LogP contribution in [0.5, 0.6) is 5.75 Å². The molecular formula is C21H25NO4. The fourth-order valence-corrected chi connectivity index (χ4v) is 2.62. The lowest BCUT2D eigenvalue weighted by molar-refractivity contribution is -0.129. The zero-order valence-electron chi connectivity index (χ0n) is 15.4. The standard InChI is InChI=1S/C21H25NO4/c1-4-9-19(16-10-6-5-7-11-16)22-20(23)15(2)26-21(24)17-12-8-13-18(14-17)25-3/h5-8,10-15,19H,4,9H2,1-3H3,(H,22,23). The summed E-state index contributed by atoms with van der Waals surface area (Å²) in [5.74, 6) is -0.314. The molecule has 138 valence electrons. The van der Waals surface area contributed by atoms with E-state index in [1.807, 2.05) is 30.3 Å². The highest BCUT2D eigenvalue weighted by Crippen LogP contribution is 2.19. The summed E-state index contributed by atoms with van der Waals surface area (Å²) >= 11 is 0. The normalized spacial score (nSPS) is 12.7. The minimum absolute atomic E-state index is 0.105. The molecule has 5 heteroatoms. The number of nitrogens with one attached hydrogen (secondary N) is 1. The second-order valence-electron chi connectivity index (χ2n) is 6.04. The molecule has 2 atom stereocenters. The second-order valence-corrected chi connectivity index (χ2v) is 6.04. The van der Waals surface area contributed by atoms with Crippen LogP contribution in [-0.2, 0) is 9.53 Å². The number of hydrogen-bond donors (Lipinski definition) is 1. The Labute approximate surface area is 154 Å². The van der Waals surface area contributed by atoms with Gasteiger partial charge in [0.05, 0.1) is 18.7 Å². The Hall–Kier alpha value is -2.82. The van der Waals surface area contributed by atoms with Crippen LogP contribution in [0.25, 0.3) is 0 Å². The Bertz CT molecular complexity index is 730. The van der Waals surface area contributed by atoms with Crippen molar-refractivity contribution in [2.24, 2.45) is 0 Å². The first-order valence-electron chi connectivity index (χ1n) is 8.75. The van der Waals surface area contributed by atoms with Crippen molar-refractivity contribution < 1.29 is 19.1 Å². The summed E-state index contributed by atoms with van der Waals surface area (Å²) in [6.07, 6.45) is 0.848. The van der Waals surface area contributed by atoms with Crippen LogP contribution in [0.1, 0.15) is 48.7 Å². The molecular weight excluding hydrogens is 330 g/mol. The van der Waals surface area contributed by atoms with Gasteiger partial charge in [-0.2, -0.15) is 0 Å². The van der Waals surface area contributed by atoms with Gasteiger partial charge >= 0.3 is 5.97 Å². The first kappa shape index (κ1) is 19.5. The maximum atomic E-state index is 12.5. The Kier molecular flexibility index (Phi) is 7.21. The molecule has 0 aromatic heterocycles. The van der Waals surface area contributed by atoms with Gasteiger partial charge in [-0.15, -0.1) is 0 Å². The van der Waals surface area contributed by atoms with E-state index < -0.39 is 12.1 Å². The van der Waals surface area contributed by atoms with Crippen LogP contribution in [0, 0.1) is 0 Å². The molecule has 0 radical (unpaired) electrons. The third-order valence-electron chi connectivity index (χ3n) is 4.05. The highest BCUT2D eigenvalue weighted by Gasteiger charge is 2.22. The number of carbonyl (C=O) groups excluding carboxylic acids is 2. The Morgan fingerprint density at radius 1 is 1.08 bits per heavy atom. The van der Waals surface area contributed by atoms with Gasteiger partial charge in [-0.05, 0) is 37.1 Å². The number of methoxy groups -OCH3 is 1. The molecule has 2 aromatic rings. The van der Waals surface area contributed by atoms with Crippen LogP contribution in [0.15, 0.2) is 54.6 Å². The Balaban J connectivity index is 2.00. The molecule has 26 heavy (non-hydrogen) atoms. The van der Waals surface area contributed by atoms with Crippen LogP contribution < -0.4 is 10.1 Å². The van der Waals surface area contributed by atoms with Gasteiger partial charge in [-0.1, -0.05) is 49.7 Å². The number of esters is 1. The van der Waals surface area contributed by atoms with Gasteiger partial charge in [0, 0.05) is 0 Å². The monoisotopic (exact) mass is 355 g/mol.